The van der Waals surface area contributed by atoms with Crippen LogP contribution in [0.3, 0.4) is 0 Å². The van der Waals surface area contributed by atoms with Gasteiger partial charge in [0, 0.05) is 59.8 Å². The fourth-order valence-corrected chi connectivity index (χ4v) is 7.09. The van der Waals surface area contributed by atoms with E-state index in [0.717, 1.165) is 70.4 Å². The van der Waals surface area contributed by atoms with Crippen molar-refractivity contribution in [2.45, 2.75) is 120 Å². The van der Waals surface area contributed by atoms with Gasteiger partial charge in [0.1, 0.15) is 23.4 Å². The van der Waals surface area contributed by atoms with E-state index in [2.05, 4.69) is 101 Å². The molecule has 5 nitrogen and oxygen atoms in total. The van der Waals surface area contributed by atoms with Gasteiger partial charge in [-0.25, -0.2) is 0 Å². The van der Waals surface area contributed by atoms with Gasteiger partial charge in [-0.1, -0.05) is 116 Å². The van der Waals surface area contributed by atoms with E-state index in [4.69, 9.17) is 14.1 Å². The summed E-state index contributed by atoms with van der Waals surface area (Å²) in [5.41, 5.74) is 6.53. The average Bonchev–Trinajstić information content (AvgIpc) is 3.63. The first kappa shape index (κ1) is 42.0. The molecular weight excluding hydrogens is 835 g/mol. The van der Waals surface area contributed by atoms with Gasteiger partial charge in [0.25, 0.3) is 0 Å². The van der Waals surface area contributed by atoms with Crippen LogP contribution in [0.1, 0.15) is 117 Å². The Balaban J connectivity index is 0.000000299. The minimum Gasteiger partial charge on any atom is -0.512 e. The molecule has 0 bridgehead atoms. The van der Waals surface area contributed by atoms with Gasteiger partial charge in [0.05, 0.1) is 5.39 Å². The van der Waals surface area contributed by atoms with Crippen molar-refractivity contribution in [1.29, 1.82) is 0 Å². The molecule has 1 aliphatic heterocycles. The van der Waals surface area contributed by atoms with Gasteiger partial charge in [0.2, 0.25) is 5.71 Å². The Morgan fingerprint density at radius 2 is 1.53 bits per heavy atom. The predicted molar refractivity (Wildman–Crippen MR) is 216 cm³/mol. The van der Waals surface area contributed by atoms with E-state index in [1.54, 1.807) is 0 Å². The van der Waals surface area contributed by atoms with Crippen LogP contribution in [0.25, 0.3) is 38.9 Å². The summed E-state index contributed by atoms with van der Waals surface area (Å²) < 4.78 is 12.7. The zero-order valence-corrected chi connectivity index (χ0v) is 36.2. The SMILES string of the molecule is CC1=C(c2cc(-c3[c-]c4ccccc4c(C(C)(C)C)c3)nc3oc(C)c(C)c23)OC2C=CC=CC12.CCC(C)(CC)C(=O)/C=C(\O)C(C)(CC)CC.[Ir]. The van der Waals surface area contributed by atoms with E-state index in [9.17, 15) is 9.90 Å². The largest absolute Gasteiger partial charge is 0.512 e. The Kier molecular flexibility index (Phi) is 12.9. The minimum atomic E-state index is -0.337. The third-order valence-corrected chi connectivity index (χ3v) is 12.0. The summed E-state index contributed by atoms with van der Waals surface area (Å²) in [6.07, 6.45) is 13.3. The summed E-state index contributed by atoms with van der Waals surface area (Å²) in [6, 6.07) is 16.5. The number of allylic oxidation sites excluding steroid dienone is 4. The molecule has 0 saturated heterocycles. The smallest absolute Gasteiger partial charge is 0.220 e. The molecule has 1 aliphatic carbocycles. The van der Waals surface area contributed by atoms with Gasteiger partial charge >= 0.3 is 0 Å². The van der Waals surface area contributed by atoms with Crippen LogP contribution in [-0.4, -0.2) is 22.0 Å². The van der Waals surface area contributed by atoms with Crippen molar-refractivity contribution in [1.82, 2.24) is 4.98 Å². The molecule has 0 amide bonds. The van der Waals surface area contributed by atoms with Gasteiger partial charge in [-0.05, 0) is 63.5 Å². The number of ether oxygens (including phenoxy) is 1. The molecule has 2 aliphatic rings. The van der Waals surface area contributed by atoms with Crippen LogP contribution in [0.5, 0.6) is 0 Å². The van der Waals surface area contributed by atoms with Crippen molar-refractivity contribution in [2.75, 3.05) is 0 Å². The first-order chi connectivity index (χ1) is 24.5. The molecule has 2 atom stereocenters. The van der Waals surface area contributed by atoms with Crippen LogP contribution >= 0.6 is 0 Å². The first-order valence-corrected chi connectivity index (χ1v) is 19.1. The molecule has 3 heterocycles. The van der Waals surface area contributed by atoms with Gasteiger partial charge in [-0.2, -0.15) is 0 Å². The van der Waals surface area contributed by atoms with Crippen LogP contribution in [-0.2, 0) is 35.1 Å². The van der Waals surface area contributed by atoms with Crippen LogP contribution in [0.2, 0.25) is 0 Å². The third kappa shape index (κ3) is 8.20. The maximum Gasteiger partial charge on any atom is 0.220 e. The van der Waals surface area contributed by atoms with Crippen LogP contribution in [0, 0.1) is 36.7 Å². The third-order valence-electron chi connectivity index (χ3n) is 12.0. The van der Waals surface area contributed by atoms with Gasteiger partial charge in [-0.15, -0.1) is 29.1 Å². The number of aromatic nitrogens is 1. The van der Waals surface area contributed by atoms with Gasteiger partial charge in [-0.3, -0.25) is 9.78 Å². The number of aliphatic hydroxyl groups excluding tert-OH is 1. The van der Waals surface area contributed by atoms with E-state index in [1.807, 2.05) is 48.5 Å². The maximum atomic E-state index is 12.2. The number of fused-ring (bicyclic) bond motifs is 3. The number of rotatable bonds is 9. The zero-order chi connectivity index (χ0) is 38.2. The minimum absolute atomic E-state index is 0. The standard InChI is InChI=1S/C32H30NO2.C15H28O2.Ir/c1-18-20(3)34-31-29(18)25(30-19(2)23-12-9-10-14-28(23)35-30)17-27(33-31)22-15-21-11-7-8-13-24(21)26(16-22)32(4,5)6;1-7-14(5,8-2)12(16)11-13(17)15(6,9-3)10-4;/h7-14,16-17,23,28H,1-6H3;11,16H,7-10H2,1-6H3;/q-1;;/b;12-11-;. The molecule has 2 unspecified atom stereocenters. The van der Waals surface area contributed by atoms with Gasteiger partial charge < -0.3 is 14.3 Å². The molecule has 6 heteroatoms. The summed E-state index contributed by atoms with van der Waals surface area (Å²) in [7, 11) is 0. The summed E-state index contributed by atoms with van der Waals surface area (Å²) in [6.45, 7) is 25.1. The normalized spacial score (nSPS) is 17.4. The Bertz CT molecular complexity index is 2100. The number of carbonyl (C=O) groups is 1. The molecular formula is C47H58IrNO4-. The molecule has 1 radical (unpaired) electrons. The Morgan fingerprint density at radius 1 is 0.906 bits per heavy atom. The van der Waals surface area contributed by atoms with Crippen LogP contribution in [0.4, 0.5) is 0 Å². The van der Waals surface area contributed by atoms with E-state index in [-0.39, 0.29) is 59.9 Å². The van der Waals surface area contributed by atoms with Crippen molar-refractivity contribution < 1.29 is 39.2 Å². The molecule has 1 N–H and O–H groups in total. The van der Waals surface area contributed by atoms with Crippen molar-refractivity contribution in [3.63, 3.8) is 0 Å². The number of carbonyl (C=O) groups excluding carboxylic acids is 1. The number of aryl methyl sites for hydroxylation is 2. The predicted octanol–water partition coefficient (Wildman–Crippen LogP) is 12.9. The number of aliphatic hydroxyl groups is 1. The Hall–Kier alpha value is -3.73. The molecule has 0 spiro atoms. The number of furan rings is 1. The number of ketones is 1. The maximum absolute atomic E-state index is 12.2. The van der Waals surface area contributed by atoms with E-state index in [1.165, 1.54) is 22.6 Å². The number of pyridine rings is 1. The molecule has 285 valence electrons. The molecule has 2 aromatic heterocycles. The van der Waals surface area contributed by atoms with Crippen molar-refractivity contribution in [3.05, 3.63) is 107 Å². The fourth-order valence-electron chi connectivity index (χ4n) is 7.09. The number of nitrogens with zero attached hydrogens (tertiary/aromatic N) is 1. The van der Waals surface area contributed by atoms with Crippen molar-refractivity contribution in [3.8, 4) is 11.3 Å². The topological polar surface area (TPSA) is 72.6 Å². The number of hydrogen-bond acceptors (Lipinski definition) is 5. The fraction of sp³-hybridized carbons (Fsp3) is 0.447. The molecule has 0 saturated carbocycles. The second kappa shape index (κ2) is 16.3. The molecule has 2 aromatic carbocycles. The van der Waals surface area contributed by atoms with Gasteiger partial charge in [0.15, 0.2) is 5.78 Å². The monoisotopic (exact) mass is 893 g/mol. The Morgan fingerprint density at radius 3 is 2.13 bits per heavy atom. The molecule has 0 fully saturated rings. The summed E-state index contributed by atoms with van der Waals surface area (Å²) in [5, 5.41) is 13.5. The molecule has 4 aromatic rings. The van der Waals surface area contributed by atoms with E-state index >= 15 is 0 Å². The van der Waals surface area contributed by atoms with E-state index < -0.39 is 0 Å². The quantitative estimate of drug-likeness (QED) is 0.103. The summed E-state index contributed by atoms with van der Waals surface area (Å²) in [5.74, 6) is 2.37. The second-order valence-corrected chi connectivity index (χ2v) is 16.2. The van der Waals surface area contributed by atoms with Crippen LogP contribution in [0.15, 0.2) is 82.5 Å². The molecule has 53 heavy (non-hydrogen) atoms. The number of hydrogen-bond donors (Lipinski definition) is 1. The average molecular weight is 893 g/mol. The zero-order valence-electron chi connectivity index (χ0n) is 33.8. The second-order valence-electron chi connectivity index (χ2n) is 16.2. The summed E-state index contributed by atoms with van der Waals surface area (Å²) in [4.78, 5) is 17.2. The van der Waals surface area contributed by atoms with Crippen molar-refractivity contribution >= 4 is 33.4 Å². The summed E-state index contributed by atoms with van der Waals surface area (Å²) >= 11 is 0. The Labute approximate surface area is 331 Å². The first-order valence-electron chi connectivity index (χ1n) is 19.1. The van der Waals surface area contributed by atoms with Crippen LogP contribution < -0.4 is 0 Å². The van der Waals surface area contributed by atoms with E-state index in [0.29, 0.717) is 5.71 Å². The number of benzene rings is 2. The van der Waals surface area contributed by atoms with Crippen molar-refractivity contribution in [2.24, 2.45) is 16.7 Å². The molecule has 6 rings (SSSR count).